The number of benzene rings is 1. The van der Waals surface area contributed by atoms with Crippen LogP contribution in [0.2, 0.25) is 0 Å². The Bertz CT molecular complexity index is 622. The van der Waals surface area contributed by atoms with E-state index in [0.717, 1.165) is 38.0 Å². The summed E-state index contributed by atoms with van der Waals surface area (Å²) in [5, 5.41) is 0. The van der Waals surface area contributed by atoms with Crippen molar-refractivity contribution in [3.63, 3.8) is 0 Å². The minimum Gasteiger partial charge on any atom is -0.370 e. The Morgan fingerprint density at radius 1 is 0.960 bits per heavy atom. The quantitative estimate of drug-likeness (QED) is 0.884. The third-order valence-electron chi connectivity index (χ3n) is 5.08. The third kappa shape index (κ3) is 4.21. The van der Waals surface area contributed by atoms with Crippen LogP contribution in [0.4, 0.5) is 14.9 Å². The lowest BCUT2D eigenvalue weighted by atomic mass is 9.96. The number of piperidine rings is 1. The second kappa shape index (κ2) is 7.72. The summed E-state index contributed by atoms with van der Waals surface area (Å²) in [5.74, 6) is -0.280. The molecule has 2 aliphatic heterocycles. The monoisotopic (exact) mass is 348 g/mol. The summed E-state index contributed by atoms with van der Waals surface area (Å²) in [6.07, 6.45) is 2.49. The van der Waals surface area contributed by atoms with Gasteiger partial charge in [0.1, 0.15) is 5.82 Å². The van der Waals surface area contributed by atoms with E-state index >= 15 is 0 Å². The lowest BCUT2D eigenvalue weighted by Gasteiger charge is -2.33. The molecule has 136 valence electrons. The van der Waals surface area contributed by atoms with E-state index in [4.69, 9.17) is 5.73 Å². The van der Waals surface area contributed by atoms with E-state index in [2.05, 4.69) is 4.90 Å². The van der Waals surface area contributed by atoms with Gasteiger partial charge in [0.05, 0.1) is 5.92 Å². The van der Waals surface area contributed by atoms with E-state index in [1.54, 1.807) is 17.0 Å². The molecule has 0 unspecified atom stereocenters. The first-order valence-electron chi connectivity index (χ1n) is 8.88. The highest BCUT2D eigenvalue weighted by atomic mass is 19.1. The van der Waals surface area contributed by atoms with Crippen molar-refractivity contribution < 1.29 is 14.0 Å². The van der Waals surface area contributed by atoms with Crippen molar-refractivity contribution in [2.24, 2.45) is 11.7 Å². The van der Waals surface area contributed by atoms with Gasteiger partial charge in [-0.1, -0.05) is 0 Å². The maximum atomic E-state index is 13.1. The summed E-state index contributed by atoms with van der Waals surface area (Å²) in [6, 6.07) is 6.03. The zero-order valence-electron chi connectivity index (χ0n) is 14.4. The number of nitrogens with zero attached hydrogens (tertiary/aromatic N) is 3. The maximum absolute atomic E-state index is 13.1. The van der Waals surface area contributed by atoms with Gasteiger partial charge in [0.2, 0.25) is 5.91 Å². The Balaban J connectivity index is 1.59. The Labute approximate surface area is 147 Å². The molecule has 1 atom stereocenters. The number of rotatable bonds is 2. The van der Waals surface area contributed by atoms with Gasteiger partial charge < -0.3 is 20.4 Å². The topological polar surface area (TPSA) is 69.9 Å². The molecule has 2 aliphatic rings. The van der Waals surface area contributed by atoms with Crippen LogP contribution in [0, 0.1) is 11.7 Å². The number of nitrogens with two attached hydrogens (primary N) is 1. The second-order valence-electron chi connectivity index (χ2n) is 6.77. The summed E-state index contributed by atoms with van der Waals surface area (Å²) in [6.45, 7) is 3.98. The first kappa shape index (κ1) is 17.5. The molecular weight excluding hydrogens is 323 g/mol. The van der Waals surface area contributed by atoms with Gasteiger partial charge in [0.25, 0.3) is 0 Å². The predicted octanol–water partition coefficient (Wildman–Crippen LogP) is 1.66. The normalized spacial score (nSPS) is 21.8. The Morgan fingerprint density at radius 3 is 2.40 bits per heavy atom. The molecule has 0 bridgehead atoms. The van der Waals surface area contributed by atoms with Crippen molar-refractivity contribution in [3.8, 4) is 0 Å². The molecule has 2 saturated heterocycles. The first-order valence-corrected chi connectivity index (χ1v) is 8.88. The minimum atomic E-state index is -0.448. The molecule has 1 aromatic rings. The summed E-state index contributed by atoms with van der Waals surface area (Å²) in [5.41, 5.74) is 6.33. The average Bonchev–Trinajstić information content (AvgIpc) is 2.88. The Hall–Kier alpha value is -2.31. The van der Waals surface area contributed by atoms with Crippen molar-refractivity contribution >= 4 is 17.6 Å². The number of urea groups is 1. The van der Waals surface area contributed by atoms with Gasteiger partial charge in [0.15, 0.2) is 0 Å². The fraction of sp³-hybridized carbons (Fsp3) is 0.556. The summed E-state index contributed by atoms with van der Waals surface area (Å²) < 4.78 is 13.1. The molecule has 2 N–H and O–H groups in total. The molecule has 3 rings (SSSR count). The van der Waals surface area contributed by atoms with E-state index in [1.165, 1.54) is 12.1 Å². The largest absolute Gasteiger partial charge is 0.370 e. The minimum absolute atomic E-state index is 0.118. The number of hydrogen-bond acceptors (Lipinski definition) is 3. The molecule has 6 nitrogen and oxygen atoms in total. The van der Waals surface area contributed by atoms with Crippen LogP contribution in [-0.4, -0.2) is 61.0 Å². The van der Waals surface area contributed by atoms with Crippen molar-refractivity contribution in [1.29, 1.82) is 0 Å². The summed E-state index contributed by atoms with van der Waals surface area (Å²) in [7, 11) is 0. The van der Waals surface area contributed by atoms with E-state index in [1.807, 2.05) is 4.90 Å². The molecule has 25 heavy (non-hydrogen) atoms. The van der Waals surface area contributed by atoms with Crippen LogP contribution >= 0.6 is 0 Å². The zero-order chi connectivity index (χ0) is 17.8. The lowest BCUT2D eigenvalue weighted by molar-refractivity contribution is -0.136. The van der Waals surface area contributed by atoms with Gasteiger partial charge in [-0.05, 0) is 43.5 Å². The van der Waals surface area contributed by atoms with E-state index in [-0.39, 0.29) is 17.6 Å². The highest BCUT2D eigenvalue weighted by Gasteiger charge is 2.31. The van der Waals surface area contributed by atoms with Crippen molar-refractivity contribution in [2.75, 3.05) is 44.2 Å². The van der Waals surface area contributed by atoms with Crippen LogP contribution in [0.25, 0.3) is 0 Å². The molecule has 0 spiro atoms. The van der Waals surface area contributed by atoms with E-state index in [0.29, 0.717) is 26.2 Å². The SMILES string of the molecule is NC(=O)N1CCC[C@H](C(=O)N2CCCN(c3ccc(F)cc3)CC2)C1. The molecule has 0 saturated carbocycles. The third-order valence-corrected chi connectivity index (χ3v) is 5.08. The zero-order valence-corrected chi connectivity index (χ0v) is 14.4. The molecular formula is C18H25FN4O2. The maximum Gasteiger partial charge on any atom is 0.314 e. The summed E-state index contributed by atoms with van der Waals surface area (Å²) >= 11 is 0. The highest BCUT2D eigenvalue weighted by Crippen LogP contribution is 2.21. The molecule has 1 aromatic carbocycles. The number of primary amides is 1. The number of carbonyl (C=O) groups is 2. The fourth-order valence-electron chi connectivity index (χ4n) is 3.69. The molecule has 0 aromatic heterocycles. The number of carbonyl (C=O) groups excluding carboxylic acids is 2. The summed E-state index contributed by atoms with van der Waals surface area (Å²) in [4.78, 5) is 29.9. The molecule has 0 radical (unpaired) electrons. The lowest BCUT2D eigenvalue weighted by Crippen LogP contribution is -2.48. The molecule has 7 heteroatoms. The van der Waals surface area contributed by atoms with Crippen LogP contribution in [0.1, 0.15) is 19.3 Å². The second-order valence-corrected chi connectivity index (χ2v) is 6.77. The Morgan fingerprint density at radius 2 is 1.68 bits per heavy atom. The standard InChI is InChI=1S/C18H25FN4O2/c19-15-4-6-16(7-5-15)21-9-2-10-22(12-11-21)17(24)14-3-1-8-23(13-14)18(20)25/h4-7,14H,1-3,8-13H2,(H2,20,25)/t14-/m0/s1. The number of anilines is 1. The fourth-order valence-corrected chi connectivity index (χ4v) is 3.69. The van der Waals surface area contributed by atoms with Gasteiger partial charge in [-0.2, -0.15) is 0 Å². The van der Waals surface area contributed by atoms with Gasteiger partial charge in [-0.15, -0.1) is 0 Å². The van der Waals surface area contributed by atoms with Gasteiger partial charge in [0, 0.05) is 45.0 Å². The van der Waals surface area contributed by atoms with Crippen LogP contribution in [0.15, 0.2) is 24.3 Å². The number of amides is 3. The number of likely N-dealkylation sites (tertiary alicyclic amines) is 1. The van der Waals surface area contributed by atoms with Crippen molar-refractivity contribution in [1.82, 2.24) is 9.80 Å². The van der Waals surface area contributed by atoms with E-state index < -0.39 is 6.03 Å². The Kier molecular flexibility index (Phi) is 5.40. The van der Waals surface area contributed by atoms with Crippen molar-refractivity contribution in [2.45, 2.75) is 19.3 Å². The van der Waals surface area contributed by atoms with Crippen LogP contribution in [-0.2, 0) is 4.79 Å². The molecule has 2 fully saturated rings. The molecule has 0 aliphatic carbocycles. The number of hydrogen-bond donors (Lipinski definition) is 1. The first-order chi connectivity index (χ1) is 12.0. The van der Waals surface area contributed by atoms with Crippen LogP contribution < -0.4 is 10.6 Å². The van der Waals surface area contributed by atoms with Crippen LogP contribution in [0.5, 0.6) is 0 Å². The average molecular weight is 348 g/mol. The van der Waals surface area contributed by atoms with Crippen LogP contribution in [0.3, 0.4) is 0 Å². The van der Waals surface area contributed by atoms with E-state index in [9.17, 15) is 14.0 Å². The van der Waals surface area contributed by atoms with Gasteiger partial charge >= 0.3 is 6.03 Å². The molecule has 2 heterocycles. The van der Waals surface area contributed by atoms with Crippen molar-refractivity contribution in [3.05, 3.63) is 30.1 Å². The predicted molar refractivity (Wildman–Crippen MR) is 93.7 cm³/mol. The smallest absolute Gasteiger partial charge is 0.314 e. The molecule has 3 amide bonds. The number of halogens is 1. The highest BCUT2D eigenvalue weighted by molar-refractivity contribution is 5.80. The van der Waals surface area contributed by atoms with Gasteiger partial charge in [-0.25, -0.2) is 9.18 Å². The van der Waals surface area contributed by atoms with Gasteiger partial charge in [-0.3, -0.25) is 4.79 Å².